The maximum absolute atomic E-state index is 11.6. The number of amides is 2. The zero-order valence-corrected chi connectivity index (χ0v) is 11.4. The third-order valence-corrected chi connectivity index (χ3v) is 3.03. The third-order valence-electron chi connectivity index (χ3n) is 2.47. The Morgan fingerprint density at radius 1 is 1.59 bits per heavy atom. The van der Waals surface area contributed by atoms with Crippen LogP contribution in [0.3, 0.4) is 0 Å². The molecule has 0 aliphatic rings. The van der Waals surface area contributed by atoms with Gasteiger partial charge in [0, 0.05) is 18.1 Å². The summed E-state index contributed by atoms with van der Waals surface area (Å²) in [6.45, 7) is 2.07. The summed E-state index contributed by atoms with van der Waals surface area (Å²) in [4.78, 5) is 11.6. The molecule has 92 valence electrons. The number of halogens is 1. The van der Waals surface area contributed by atoms with E-state index in [0.717, 1.165) is 22.7 Å². The van der Waals surface area contributed by atoms with Gasteiger partial charge in [0.1, 0.15) is 0 Å². The summed E-state index contributed by atoms with van der Waals surface area (Å²) in [5.74, 6) is 0. The standard InChI is InChI=1S/C11H15BrN4O/c1-3-8-5-4-6-10(9(8)7-12)14-11(17)16(2)15-13/h4-6,13H,3,7H2,1-2H3,(H,14,17). The van der Waals surface area contributed by atoms with Crippen LogP contribution >= 0.6 is 15.9 Å². The molecule has 0 fully saturated rings. The molecule has 2 N–H and O–H groups in total. The second-order valence-corrected chi connectivity index (χ2v) is 4.04. The van der Waals surface area contributed by atoms with Crippen molar-refractivity contribution in [2.24, 2.45) is 5.22 Å². The minimum atomic E-state index is -0.421. The molecule has 2 amide bonds. The molecule has 1 aromatic rings. The molecule has 6 heteroatoms. The molecule has 1 aromatic carbocycles. The SMILES string of the molecule is CCc1cccc(NC(=O)N(C)N=N)c1CBr. The normalized spacial score (nSPS) is 9.82. The molecular formula is C11H15BrN4O. The fourth-order valence-corrected chi connectivity index (χ4v) is 2.14. The van der Waals surface area contributed by atoms with Gasteiger partial charge in [-0.3, -0.25) is 0 Å². The number of hydrogen-bond donors (Lipinski definition) is 2. The molecule has 0 saturated carbocycles. The summed E-state index contributed by atoms with van der Waals surface area (Å²) < 4.78 is 0. The van der Waals surface area contributed by atoms with Crippen molar-refractivity contribution in [1.82, 2.24) is 5.01 Å². The van der Waals surface area contributed by atoms with Crippen molar-refractivity contribution < 1.29 is 4.79 Å². The van der Waals surface area contributed by atoms with Gasteiger partial charge in [0.2, 0.25) is 0 Å². The highest BCUT2D eigenvalue weighted by Crippen LogP contribution is 2.23. The minimum Gasteiger partial charge on any atom is -0.306 e. The Kier molecular flexibility index (Phi) is 5.09. The first-order valence-corrected chi connectivity index (χ1v) is 6.35. The van der Waals surface area contributed by atoms with Gasteiger partial charge in [0.15, 0.2) is 0 Å². The molecule has 0 bridgehead atoms. The largest absolute Gasteiger partial charge is 0.343 e. The summed E-state index contributed by atoms with van der Waals surface area (Å²) in [6, 6.07) is 5.35. The molecule has 0 aromatic heterocycles. The summed E-state index contributed by atoms with van der Waals surface area (Å²) >= 11 is 3.42. The second-order valence-electron chi connectivity index (χ2n) is 3.48. The topological polar surface area (TPSA) is 68.6 Å². The molecule has 0 aliphatic heterocycles. The van der Waals surface area contributed by atoms with Crippen LogP contribution in [0.15, 0.2) is 23.4 Å². The first-order valence-electron chi connectivity index (χ1n) is 5.22. The van der Waals surface area contributed by atoms with Crippen LogP contribution in [0.25, 0.3) is 0 Å². The molecule has 0 unspecified atom stereocenters. The van der Waals surface area contributed by atoms with Gasteiger partial charge in [0.05, 0.1) is 0 Å². The Morgan fingerprint density at radius 3 is 2.82 bits per heavy atom. The number of urea groups is 1. The molecule has 0 radical (unpaired) electrons. The molecule has 0 atom stereocenters. The number of alkyl halides is 1. The van der Waals surface area contributed by atoms with Crippen LogP contribution in [0.1, 0.15) is 18.1 Å². The molecule has 0 saturated heterocycles. The van der Waals surface area contributed by atoms with Gasteiger partial charge in [-0.05, 0) is 23.6 Å². The maximum atomic E-state index is 11.6. The smallest absolute Gasteiger partial charge is 0.306 e. The number of aryl methyl sites for hydroxylation is 1. The number of carbonyl (C=O) groups excluding carboxylic acids is 1. The highest BCUT2D eigenvalue weighted by Gasteiger charge is 2.11. The number of anilines is 1. The fourth-order valence-electron chi connectivity index (χ4n) is 1.48. The molecule has 0 spiro atoms. The zero-order chi connectivity index (χ0) is 12.8. The van der Waals surface area contributed by atoms with E-state index >= 15 is 0 Å². The van der Waals surface area contributed by atoms with Crippen molar-refractivity contribution in [3.05, 3.63) is 29.3 Å². The predicted molar refractivity (Wildman–Crippen MR) is 70.4 cm³/mol. The van der Waals surface area contributed by atoms with E-state index in [1.54, 1.807) is 0 Å². The van der Waals surface area contributed by atoms with Gasteiger partial charge in [-0.15, -0.1) is 0 Å². The first-order chi connectivity index (χ1) is 8.13. The summed E-state index contributed by atoms with van der Waals surface area (Å²) in [5.41, 5.74) is 9.76. The quantitative estimate of drug-likeness (QED) is 0.498. The van der Waals surface area contributed by atoms with Crippen molar-refractivity contribution in [2.45, 2.75) is 18.7 Å². The number of benzene rings is 1. The van der Waals surface area contributed by atoms with Crippen LogP contribution in [0, 0.1) is 5.53 Å². The van der Waals surface area contributed by atoms with E-state index in [1.165, 1.54) is 12.6 Å². The summed E-state index contributed by atoms with van der Waals surface area (Å²) in [7, 11) is 1.43. The third kappa shape index (κ3) is 3.26. The predicted octanol–water partition coefficient (Wildman–Crippen LogP) is 3.55. The van der Waals surface area contributed by atoms with Crippen LogP contribution in [0.5, 0.6) is 0 Å². The monoisotopic (exact) mass is 298 g/mol. The van der Waals surface area contributed by atoms with Gasteiger partial charge >= 0.3 is 6.03 Å². The molecular weight excluding hydrogens is 284 g/mol. The first kappa shape index (κ1) is 13.6. The Bertz CT molecular complexity index is 422. The molecule has 5 nitrogen and oxygen atoms in total. The van der Waals surface area contributed by atoms with Crippen LogP contribution in [0.4, 0.5) is 10.5 Å². The number of hydrogen-bond acceptors (Lipinski definition) is 3. The Morgan fingerprint density at radius 2 is 2.29 bits per heavy atom. The van der Waals surface area contributed by atoms with Crippen LogP contribution in [-0.4, -0.2) is 18.1 Å². The molecule has 17 heavy (non-hydrogen) atoms. The van der Waals surface area contributed by atoms with E-state index in [9.17, 15) is 4.79 Å². The van der Waals surface area contributed by atoms with E-state index < -0.39 is 6.03 Å². The van der Waals surface area contributed by atoms with E-state index in [4.69, 9.17) is 5.53 Å². The van der Waals surface area contributed by atoms with Gasteiger partial charge in [-0.25, -0.2) is 4.79 Å². The highest BCUT2D eigenvalue weighted by atomic mass is 79.9. The average Bonchev–Trinajstić information content (AvgIpc) is 2.37. The lowest BCUT2D eigenvalue weighted by Crippen LogP contribution is -2.26. The zero-order valence-electron chi connectivity index (χ0n) is 9.83. The minimum absolute atomic E-state index is 0.421. The fraction of sp³-hybridized carbons (Fsp3) is 0.364. The van der Waals surface area contributed by atoms with E-state index in [2.05, 4.69) is 33.4 Å². The van der Waals surface area contributed by atoms with Crippen LogP contribution < -0.4 is 5.32 Å². The Balaban J connectivity index is 2.98. The molecule has 1 rings (SSSR count). The Labute approximate surface area is 109 Å². The second kappa shape index (κ2) is 6.34. The van der Waals surface area contributed by atoms with Gasteiger partial charge in [-0.1, -0.05) is 40.2 Å². The van der Waals surface area contributed by atoms with Crippen molar-refractivity contribution in [2.75, 3.05) is 12.4 Å². The number of nitrogens with zero attached hydrogens (tertiary/aromatic N) is 2. The lowest BCUT2D eigenvalue weighted by molar-refractivity contribution is 0.220. The summed E-state index contributed by atoms with van der Waals surface area (Å²) in [5, 5.41) is 7.39. The number of carbonyl (C=O) groups is 1. The van der Waals surface area contributed by atoms with E-state index in [0.29, 0.717) is 5.33 Å². The maximum Gasteiger partial charge on any atom is 0.343 e. The lowest BCUT2D eigenvalue weighted by atomic mass is 10.0. The number of rotatable bonds is 4. The van der Waals surface area contributed by atoms with Crippen LogP contribution in [-0.2, 0) is 11.8 Å². The molecule has 0 aliphatic carbocycles. The highest BCUT2D eigenvalue weighted by molar-refractivity contribution is 9.08. The Hall–Kier alpha value is -1.43. The van der Waals surface area contributed by atoms with Crippen molar-refractivity contribution in [3.8, 4) is 0 Å². The van der Waals surface area contributed by atoms with Crippen molar-refractivity contribution >= 4 is 27.6 Å². The van der Waals surface area contributed by atoms with Crippen molar-refractivity contribution in [3.63, 3.8) is 0 Å². The lowest BCUT2D eigenvalue weighted by Gasteiger charge is -2.15. The van der Waals surface area contributed by atoms with Crippen LogP contribution in [0.2, 0.25) is 0 Å². The average molecular weight is 299 g/mol. The summed E-state index contributed by atoms with van der Waals surface area (Å²) in [6.07, 6.45) is 0.906. The van der Waals surface area contributed by atoms with Gasteiger partial charge in [-0.2, -0.15) is 10.5 Å². The van der Waals surface area contributed by atoms with Crippen molar-refractivity contribution in [1.29, 1.82) is 5.53 Å². The van der Waals surface area contributed by atoms with E-state index in [1.807, 2.05) is 18.2 Å². The van der Waals surface area contributed by atoms with E-state index in [-0.39, 0.29) is 0 Å². The van der Waals surface area contributed by atoms with Gasteiger partial charge < -0.3 is 5.32 Å². The molecule has 0 heterocycles. The van der Waals surface area contributed by atoms with Gasteiger partial charge in [0.25, 0.3) is 0 Å². The number of nitrogens with one attached hydrogen (secondary N) is 2.